The first-order chi connectivity index (χ1) is 10.1. The first-order valence-electron chi connectivity index (χ1n) is 6.32. The fraction of sp³-hybridized carbons (Fsp3) is 0.133. The molecule has 108 valence electrons. The van der Waals surface area contributed by atoms with E-state index in [-0.39, 0.29) is 5.91 Å². The number of nitrogens with one attached hydrogen (secondary N) is 1. The summed E-state index contributed by atoms with van der Waals surface area (Å²) in [6, 6.07) is 9.91. The van der Waals surface area contributed by atoms with E-state index < -0.39 is 0 Å². The topological polar surface area (TPSA) is 59.3 Å². The highest BCUT2D eigenvalue weighted by molar-refractivity contribution is 9.10. The van der Waals surface area contributed by atoms with Gasteiger partial charge in [0.15, 0.2) is 0 Å². The van der Waals surface area contributed by atoms with Gasteiger partial charge in [0.1, 0.15) is 5.69 Å². The summed E-state index contributed by atoms with van der Waals surface area (Å²) >= 11 is 3.28. The lowest BCUT2D eigenvalue weighted by molar-refractivity contribution is 0.0945. The minimum atomic E-state index is -0.314. The summed E-state index contributed by atoms with van der Waals surface area (Å²) in [5, 5.41) is 7.93. The molecule has 0 spiro atoms. The molecule has 0 aliphatic carbocycles. The van der Waals surface area contributed by atoms with Crippen molar-refractivity contribution < 1.29 is 4.79 Å². The molecule has 0 bridgehead atoms. The van der Waals surface area contributed by atoms with E-state index in [1.165, 1.54) is 4.68 Å². The Bertz CT molecular complexity index is 669. The number of allylic oxidation sites excluding steroid dienone is 1. The third-order valence-corrected chi connectivity index (χ3v) is 3.32. The standard InChI is InChI=1S/C15H15BrN4O/c1-11(8-12-6-4-3-5-7-12)9-17-19-15(21)14-13(16)10-18-20(14)2/h3-10H,1-2H3,(H,19,21)/b11-8+,17-9+. The van der Waals surface area contributed by atoms with Gasteiger partial charge in [-0.1, -0.05) is 36.4 Å². The number of benzene rings is 1. The van der Waals surface area contributed by atoms with E-state index in [9.17, 15) is 4.79 Å². The number of nitrogens with zero attached hydrogens (tertiary/aromatic N) is 3. The van der Waals surface area contributed by atoms with Gasteiger partial charge in [-0.25, -0.2) is 5.43 Å². The lowest BCUT2D eigenvalue weighted by Crippen LogP contribution is -2.21. The maximum atomic E-state index is 12.0. The molecule has 0 atom stereocenters. The first-order valence-corrected chi connectivity index (χ1v) is 7.11. The summed E-state index contributed by atoms with van der Waals surface area (Å²) in [4.78, 5) is 12.0. The van der Waals surface area contributed by atoms with Crippen molar-refractivity contribution in [1.82, 2.24) is 15.2 Å². The van der Waals surface area contributed by atoms with Crippen LogP contribution in [0.2, 0.25) is 0 Å². The summed E-state index contributed by atoms with van der Waals surface area (Å²) in [6.45, 7) is 1.92. The van der Waals surface area contributed by atoms with Crippen molar-refractivity contribution in [3.63, 3.8) is 0 Å². The number of aromatic nitrogens is 2. The number of carbonyl (C=O) groups excluding carboxylic acids is 1. The number of rotatable bonds is 4. The molecule has 0 fully saturated rings. The molecule has 2 rings (SSSR count). The number of aryl methyl sites for hydroxylation is 1. The van der Waals surface area contributed by atoms with Crippen molar-refractivity contribution in [3.8, 4) is 0 Å². The smallest absolute Gasteiger partial charge is 0.266 e. The van der Waals surface area contributed by atoms with Gasteiger partial charge in [0.25, 0.3) is 5.91 Å². The molecule has 5 nitrogen and oxygen atoms in total. The third kappa shape index (κ3) is 4.13. The van der Waals surface area contributed by atoms with Crippen molar-refractivity contribution in [3.05, 3.63) is 57.8 Å². The molecular weight excluding hydrogens is 332 g/mol. The van der Waals surface area contributed by atoms with E-state index in [0.29, 0.717) is 10.2 Å². The molecule has 0 aliphatic rings. The Labute approximate surface area is 131 Å². The van der Waals surface area contributed by atoms with Gasteiger partial charge in [-0.2, -0.15) is 10.2 Å². The van der Waals surface area contributed by atoms with Crippen molar-refractivity contribution in [2.75, 3.05) is 0 Å². The second-order valence-corrected chi connectivity index (χ2v) is 5.32. The van der Waals surface area contributed by atoms with E-state index >= 15 is 0 Å². The molecular formula is C15H15BrN4O. The molecule has 1 amide bonds. The van der Waals surface area contributed by atoms with Crippen LogP contribution in [0.1, 0.15) is 23.0 Å². The molecule has 0 unspecified atom stereocenters. The minimum Gasteiger partial charge on any atom is -0.266 e. The van der Waals surface area contributed by atoms with Crippen LogP contribution in [0, 0.1) is 0 Å². The van der Waals surface area contributed by atoms with Crippen LogP contribution in [0.3, 0.4) is 0 Å². The minimum absolute atomic E-state index is 0.314. The van der Waals surface area contributed by atoms with Gasteiger partial charge in [0.05, 0.1) is 16.9 Å². The third-order valence-electron chi connectivity index (χ3n) is 2.74. The van der Waals surface area contributed by atoms with Crippen LogP contribution in [0.15, 0.2) is 51.7 Å². The lowest BCUT2D eigenvalue weighted by atomic mass is 10.1. The Morgan fingerprint density at radius 1 is 1.38 bits per heavy atom. The molecule has 0 saturated carbocycles. The highest BCUT2D eigenvalue weighted by Crippen LogP contribution is 2.14. The number of halogens is 1. The number of hydrogen-bond acceptors (Lipinski definition) is 3. The van der Waals surface area contributed by atoms with Crippen molar-refractivity contribution in [2.45, 2.75) is 6.92 Å². The average molecular weight is 347 g/mol. The van der Waals surface area contributed by atoms with Crippen LogP contribution in [-0.2, 0) is 7.05 Å². The van der Waals surface area contributed by atoms with E-state index in [2.05, 4.69) is 31.6 Å². The Morgan fingerprint density at radius 2 is 2.10 bits per heavy atom. The van der Waals surface area contributed by atoms with Crippen molar-refractivity contribution in [2.24, 2.45) is 12.1 Å². The summed E-state index contributed by atoms with van der Waals surface area (Å²) in [7, 11) is 1.70. The second kappa shape index (κ2) is 6.99. The van der Waals surface area contributed by atoms with Crippen LogP contribution in [-0.4, -0.2) is 21.9 Å². The fourth-order valence-electron chi connectivity index (χ4n) is 1.76. The van der Waals surface area contributed by atoms with Gasteiger partial charge in [-0.05, 0) is 34.0 Å². The van der Waals surface area contributed by atoms with Crippen LogP contribution >= 0.6 is 15.9 Å². The van der Waals surface area contributed by atoms with Crippen LogP contribution in [0.5, 0.6) is 0 Å². The van der Waals surface area contributed by atoms with E-state index in [1.54, 1.807) is 19.5 Å². The molecule has 0 radical (unpaired) electrons. The molecule has 0 aliphatic heterocycles. The molecule has 1 heterocycles. The fourth-order valence-corrected chi connectivity index (χ4v) is 2.29. The van der Waals surface area contributed by atoms with Crippen LogP contribution in [0.4, 0.5) is 0 Å². The zero-order valence-electron chi connectivity index (χ0n) is 11.7. The van der Waals surface area contributed by atoms with Gasteiger partial charge in [-0.15, -0.1) is 0 Å². The molecule has 0 saturated heterocycles. The molecule has 1 aromatic heterocycles. The number of hydrazone groups is 1. The second-order valence-electron chi connectivity index (χ2n) is 4.46. The highest BCUT2D eigenvalue weighted by atomic mass is 79.9. The first kappa shape index (κ1) is 15.2. The predicted octanol–water partition coefficient (Wildman–Crippen LogP) is 3.00. The normalized spacial score (nSPS) is 11.9. The monoisotopic (exact) mass is 346 g/mol. The zero-order valence-corrected chi connectivity index (χ0v) is 13.3. The van der Waals surface area contributed by atoms with Crippen LogP contribution in [0.25, 0.3) is 6.08 Å². The SMILES string of the molecule is CC(/C=N/NC(=O)c1c(Br)cnn1C)=C\c1ccccc1. The maximum absolute atomic E-state index is 12.0. The largest absolute Gasteiger partial charge is 0.290 e. The van der Waals surface area contributed by atoms with E-state index in [4.69, 9.17) is 0 Å². The summed E-state index contributed by atoms with van der Waals surface area (Å²) in [5.74, 6) is -0.314. The van der Waals surface area contributed by atoms with Crippen molar-refractivity contribution in [1.29, 1.82) is 0 Å². The summed E-state index contributed by atoms with van der Waals surface area (Å²) in [6.07, 6.45) is 5.16. The van der Waals surface area contributed by atoms with Crippen molar-refractivity contribution >= 4 is 34.1 Å². The predicted molar refractivity (Wildman–Crippen MR) is 87.0 cm³/mol. The van der Waals surface area contributed by atoms with Crippen LogP contribution < -0.4 is 5.43 Å². The van der Waals surface area contributed by atoms with Gasteiger partial charge in [0.2, 0.25) is 0 Å². The Balaban J connectivity index is 1.99. The molecule has 21 heavy (non-hydrogen) atoms. The molecule has 6 heteroatoms. The average Bonchev–Trinajstić information content (AvgIpc) is 2.79. The van der Waals surface area contributed by atoms with Gasteiger partial charge in [-0.3, -0.25) is 9.48 Å². The Hall–Kier alpha value is -2.21. The molecule has 2 aromatic rings. The molecule has 1 N–H and O–H groups in total. The zero-order chi connectivity index (χ0) is 15.2. The Morgan fingerprint density at radius 3 is 2.71 bits per heavy atom. The quantitative estimate of drug-likeness (QED) is 0.683. The van der Waals surface area contributed by atoms with Gasteiger partial charge < -0.3 is 0 Å². The Kier molecular flexibility index (Phi) is 5.05. The van der Waals surface area contributed by atoms with E-state index in [1.807, 2.05) is 43.3 Å². The number of amides is 1. The van der Waals surface area contributed by atoms with E-state index in [0.717, 1.165) is 11.1 Å². The maximum Gasteiger partial charge on any atom is 0.290 e. The number of carbonyl (C=O) groups is 1. The van der Waals surface area contributed by atoms with Gasteiger partial charge in [0, 0.05) is 7.05 Å². The lowest BCUT2D eigenvalue weighted by Gasteiger charge is -2.01. The summed E-state index contributed by atoms with van der Waals surface area (Å²) in [5.41, 5.74) is 4.93. The molecule has 1 aromatic carbocycles. The number of hydrogen-bond donors (Lipinski definition) is 1. The highest BCUT2D eigenvalue weighted by Gasteiger charge is 2.14. The summed E-state index contributed by atoms with van der Waals surface area (Å²) < 4.78 is 2.12. The van der Waals surface area contributed by atoms with Gasteiger partial charge >= 0.3 is 0 Å².